The Labute approximate surface area is 114 Å². The Bertz CT molecular complexity index is 358. The fraction of sp³-hybridized carbons (Fsp3) is 0.857. The summed E-state index contributed by atoms with van der Waals surface area (Å²) in [5, 5.41) is 2.95. The van der Waals surface area contributed by atoms with Crippen LogP contribution in [0, 0.1) is 5.92 Å². The Morgan fingerprint density at radius 2 is 1.95 bits per heavy atom. The lowest BCUT2D eigenvalue weighted by Crippen LogP contribution is -2.47. The predicted molar refractivity (Wildman–Crippen MR) is 71.7 cm³/mol. The molecule has 0 aromatic carbocycles. The molecule has 19 heavy (non-hydrogen) atoms. The van der Waals surface area contributed by atoms with E-state index in [0.717, 1.165) is 19.4 Å². The Morgan fingerprint density at radius 1 is 1.26 bits per heavy atom. The number of carbonyl (C=O) groups is 2. The molecule has 1 N–H and O–H groups in total. The number of nitrogens with zero attached hydrogens (tertiary/aromatic N) is 1. The molecule has 1 aliphatic carbocycles. The summed E-state index contributed by atoms with van der Waals surface area (Å²) in [6, 6.07) is -0.353. The number of carbonyl (C=O) groups excluding carboxylic acids is 2. The molecule has 1 saturated carbocycles. The summed E-state index contributed by atoms with van der Waals surface area (Å²) in [5.41, 5.74) is -0.519. The maximum atomic E-state index is 12.1. The zero-order valence-corrected chi connectivity index (χ0v) is 12.1. The molecule has 1 aliphatic heterocycles. The summed E-state index contributed by atoms with van der Waals surface area (Å²) >= 11 is 0. The fourth-order valence-corrected chi connectivity index (χ4v) is 2.26. The van der Waals surface area contributed by atoms with E-state index in [-0.39, 0.29) is 18.0 Å². The van der Waals surface area contributed by atoms with E-state index in [1.54, 1.807) is 4.90 Å². The molecule has 2 rings (SSSR count). The van der Waals surface area contributed by atoms with E-state index < -0.39 is 5.60 Å². The second kappa shape index (κ2) is 5.39. The lowest BCUT2D eigenvalue weighted by molar-refractivity contribution is -0.125. The van der Waals surface area contributed by atoms with Gasteiger partial charge in [0.1, 0.15) is 11.6 Å². The average molecular weight is 268 g/mol. The van der Waals surface area contributed by atoms with E-state index in [1.807, 2.05) is 20.8 Å². The SMILES string of the molecule is CC(C)(C)OC(=O)N1CCC[C@@H]1C(=O)NCC1CC1. The molecule has 0 spiro atoms. The molecular weight excluding hydrogens is 244 g/mol. The summed E-state index contributed by atoms with van der Waals surface area (Å²) in [6.07, 6.45) is 3.63. The summed E-state index contributed by atoms with van der Waals surface area (Å²) in [5.74, 6) is 0.621. The quantitative estimate of drug-likeness (QED) is 0.850. The van der Waals surface area contributed by atoms with Crippen molar-refractivity contribution in [2.75, 3.05) is 13.1 Å². The van der Waals surface area contributed by atoms with Crippen LogP contribution >= 0.6 is 0 Å². The Kier molecular flexibility index (Phi) is 4.02. The van der Waals surface area contributed by atoms with Crippen molar-refractivity contribution in [3.05, 3.63) is 0 Å². The number of hydrogen-bond acceptors (Lipinski definition) is 3. The zero-order chi connectivity index (χ0) is 14.0. The van der Waals surface area contributed by atoms with Crippen molar-refractivity contribution < 1.29 is 14.3 Å². The number of likely N-dealkylation sites (tertiary alicyclic amines) is 1. The summed E-state index contributed by atoms with van der Waals surface area (Å²) in [6.45, 7) is 6.86. The second-order valence-corrected chi connectivity index (χ2v) is 6.52. The topological polar surface area (TPSA) is 58.6 Å². The van der Waals surface area contributed by atoms with Gasteiger partial charge in [-0.05, 0) is 52.4 Å². The molecule has 2 amide bonds. The number of amides is 2. The minimum absolute atomic E-state index is 0.0322. The number of ether oxygens (including phenoxy) is 1. The van der Waals surface area contributed by atoms with Gasteiger partial charge in [-0.2, -0.15) is 0 Å². The molecule has 0 unspecified atom stereocenters. The van der Waals surface area contributed by atoms with Gasteiger partial charge in [-0.15, -0.1) is 0 Å². The first-order chi connectivity index (χ1) is 8.87. The van der Waals surface area contributed by atoms with Crippen LogP contribution in [0.2, 0.25) is 0 Å². The van der Waals surface area contributed by atoms with Crippen LogP contribution in [-0.2, 0) is 9.53 Å². The van der Waals surface area contributed by atoms with Crippen LogP contribution in [0.1, 0.15) is 46.5 Å². The number of rotatable bonds is 3. The molecule has 2 aliphatic rings. The standard InChI is InChI=1S/C14H24N2O3/c1-14(2,3)19-13(18)16-8-4-5-11(16)12(17)15-9-10-6-7-10/h10-11H,4-9H2,1-3H3,(H,15,17)/t11-/m1/s1. The molecule has 5 nitrogen and oxygen atoms in total. The third-order valence-corrected chi connectivity index (χ3v) is 3.45. The van der Waals surface area contributed by atoms with Crippen molar-refractivity contribution in [1.29, 1.82) is 0 Å². The third-order valence-electron chi connectivity index (χ3n) is 3.45. The third kappa shape index (κ3) is 4.11. The van der Waals surface area contributed by atoms with Crippen molar-refractivity contribution in [3.8, 4) is 0 Å². The highest BCUT2D eigenvalue weighted by atomic mass is 16.6. The predicted octanol–water partition coefficient (Wildman–Crippen LogP) is 1.91. The fourth-order valence-electron chi connectivity index (χ4n) is 2.26. The molecule has 0 aromatic rings. The van der Waals surface area contributed by atoms with Crippen molar-refractivity contribution >= 4 is 12.0 Å². The van der Waals surface area contributed by atoms with Crippen molar-refractivity contribution in [2.45, 2.75) is 58.1 Å². The van der Waals surface area contributed by atoms with Crippen LogP contribution in [0.25, 0.3) is 0 Å². The molecule has 0 radical (unpaired) electrons. The minimum atomic E-state index is -0.519. The Hall–Kier alpha value is -1.26. The summed E-state index contributed by atoms with van der Waals surface area (Å²) < 4.78 is 5.35. The van der Waals surface area contributed by atoms with Gasteiger partial charge >= 0.3 is 6.09 Å². The van der Waals surface area contributed by atoms with Crippen LogP contribution in [0.4, 0.5) is 4.79 Å². The van der Waals surface area contributed by atoms with Crippen LogP contribution in [0.3, 0.4) is 0 Å². The molecule has 1 heterocycles. The highest BCUT2D eigenvalue weighted by Crippen LogP contribution is 2.28. The maximum absolute atomic E-state index is 12.1. The first-order valence-electron chi connectivity index (χ1n) is 7.14. The van der Waals surface area contributed by atoms with Gasteiger partial charge in [-0.1, -0.05) is 0 Å². The van der Waals surface area contributed by atoms with Crippen molar-refractivity contribution in [2.24, 2.45) is 5.92 Å². The Morgan fingerprint density at radius 3 is 2.53 bits per heavy atom. The van der Waals surface area contributed by atoms with Gasteiger partial charge in [-0.25, -0.2) is 4.79 Å². The molecule has 1 saturated heterocycles. The van der Waals surface area contributed by atoms with E-state index in [0.29, 0.717) is 12.5 Å². The second-order valence-electron chi connectivity index (χ2n) is 6.52. The highest BCUT2D eigenvalue weighted by molar-refractivity contribution is 5.86. The first-order valence-corrected chi connectivity index (χ1v) is 7.14. The first kappa shape index (κ1) is 14.2. The molecule has 0 aromatic heterocycles. The summed E-state index contributed by atoms with van der Waals surface area (Å²) in [7, 11) is 0. The van der Waals surface area contributed by atoms with Gasteiger partial charge in [-0.3, -0.25) is 9.69 Å². The maximum Gasteiger partial charge on any atom is 0.410 e. The molecular formula is C14H24N2O3. The van der Waals surface area contributed by atoms with Crippen LogP contribution in [0.15, 0.2) is 0 Å². The van der Waals surface area contributed by atoms with Gasteiger partial charge in [0.2, 0.25) is 5.91 Å². The smallest absolute Gasteiger partial charge is 0.410 e. The number of nitrogens with one attached hydrogen (secondary N) is 1. The van der Waals surface area contributed by atoms with Crippen LogP contribution in [-0.4, -0.2) is 41.6 Å². The monoisotopic (exact) mass is 268 g/mol. The average Bonchev–Trinajstić information content (AvgIpc) is 2.98. The van der Waals surface area contributed by atoms with E-state index in [4.69, 9.17) is 4.74 Å². The van der Waals surface area contributed by atoms with Crippen LogP contribution in [0.5, 0.6) is 0 Å². The lowest BCUT2D eigenvalue weighted by Gasteiger charge is -2.28. The van der Waals surface area contributed by atoms with Crippen molar-refractivity contribution in [3.63, 3.8) is 0 Å². The van der Waals surface area contributed by atoms with Gasteiger partial charge in [0, 0.05) is 13.1 Å². The van der Waals surface area contributed by atoms with Crippen molar-refractivity contribution in [1.82, 2.24) is 10.2 Å². The molecule has 0 bridgehead atoms. The van der Waals surface area contributed by atoms with Gasteiger partial charge in [0.25, 0.3) is 0 Å². The minimum Gasteiger partial charge on any atom is -0.444 e. The highest BCUT2D eigenvalue weighted by Gasteiger charge is 2.37. The largest absolute Gasteiger partial charge is 0.444 e. The number of hydrogen-bond donors (Lipinski definition) is 1. The normalized spacial score (nSPS) is 23.3. The van der Waals surface area contributed by atoms with E-state index in [1.165, 1.54) is 12.8 Å². The molecule has 5 heteroatoms. The van der Waals surface area contributed by atoms with Gasteiger partial charge in [0.15, 0.2) is 0 Å². The van der Waals surface area contributed by atoms with Gasteiger partial charge in [0.05, 0.1) is 0 Å². The lowest BCUT2D eigenvalue weighted by atomic mass is 10.2. The Balaban J connectivity index is 1.87. The molecule has 2 fully saturated rings. The van der Waals surface area contributed by atoms with Crippen LogP contribution < -0.4 is 5.32 Å². The summed E-state index contributed by atoms with van der Waals surface area (Å²) in [4.78, 5) is 25.7. The molecule has 108 valence electrons. The van der Waals surface area contributed by atoms with Gasteiger partial charge < -0.3 is 10.1 Å². The van der Waals surface area contributed by atoms with E-state index in [2.05, 4.69) is 5.32 Å². The van der Waals surface area contributed by atoms with E-state index >= 15 is 0 Å². The van der Waals surface area contributed by atoms with E-state index in [9.17, 15) is 9.59 Å². The molecule has 1 atom stereocenters. The zero-order valence-electron chi connectivity index (χ0n) is 12.1.